The van der Waals surface area contributed by atoms with E-state index < -0.39 is 10.8 Å². The van der Waals surface area contributed by atoms with Crippen molar-refractivity contribution in [3.63, 3.8) is 0 Å². The molecule has 2 N–H and O–H groups in total. The van der Waals surface area contributed by atoms with Crippen molar-refractivity contribution in [1.82, 2.24) is 0 Å². The molecule has 19 heavy (non-hydrogen) atoms. The van der Waals surface area contributed by atoms with Crippen molar-refractivity contribution >= 4 is 16.5 Å². The summed E-state index contributed by atoms with van der Waals surface area (Å²) in [5.74, 6) is 0.559. The molecule has 0 aliphatic heterocycles. The van der Waals surface area contributed by atoms with E-state index >= 15 is 0 Å². The lowest BCUT2D eigenvalue weighted by atomic mass is 10.1. The first kappa shape index (κ1) is 13.8. The van der Waals surface area contributed by atoms with Gasteiger partial charge in [-0.15, -0.1) is 0 Å². The monoisotopic (exact) mass is 273 g/mol. The largest absolute Gasteiger partial charge is 0.399 e. The van der Waals surface area contributed by atoms with Gasteiger partial charge >= 0.3 is 0 Å². The van der Waals surface area contributed by atoms with Gasteiger partial charge in [0.1, 0.15) is 0 Å². The highest BCUT2D eigenvalue weighted by Gasteiger charge is 2.11. The standard InChI is InChI=1S/C16H19NOS/c1-11-5-4-6-12(2)15(11)10-19(18)16-8-7-14(17)9-13(16)3/h4-9H,10,17H2,1-3H3. The summed E-state index contributed by atoms with van der Waals surface area (Å²) in [6.07, 6.45) is 0. The molecule has 0 fully saturated rings. The summed E-state index contributed by atoms with van der Waals surface area (Å²) in [5, 5.41) is 0. The SMILES string of the molecule is Cc1cc(N)ccc1S(=O)Cc1c(C)cccc1C. The Morgan fingerprint density at radius 1 is 1.00 bits per heavy atom. The van der Waals surface area contributed by atoms with E-state index in [0.717, 1.165) is 10.5 Å². The van der Waals surface area contributed by atoms with E-state index in [1.165, 1.54) is 16.7 Å². The first-order valence-corrected chi connectivity index (χ1v) is 7.60. The summed E-state index contributed by atoms with van der Waals surface area (Å²) < 4.78 is 12.5. The van der Waals surface area contributed by atoms with Crippen molar-refractivity contribution in [2.75, 3.05) is 5.73 Å². The Balaban J connectivity index is 2.31. The number of nitrogens with two attached hydrogens (primary N) is 1. The van der Waals surface area contributed by atoms with Crippen molar-refractivity contribution in [3.05, 3.63) is 58.7 Å². The predicted molar refractivity (Wildman–Crippen MR) is 81.6 cm³/mol. The Morgan fingerprint density at radius 2 is 1.63 bits per heavy atom. The molecule has 2 aromatic rings. The number of aryl methyl sites for hydroxylation is 3. The molecule has 100 valence electrons. The third-order valence-electron chi connectivity index (χ3n) is 3.36. The molecule has 0 heterocycles. The van der Waals surface area contributed by atoms with Crippen molar-refractivity contribution in [3.8, 4) is 0 Å². The van der Waals surface area contributed by atoms with Crippen LogP contribution in [0.2, 0.25) is 0 Å². The van der Waals surface area contributed by atoms with E-state index in [9.17, 15) is 4.21 Å². The zero-order valence-electron chi connectivity index (χ0n) is 11.6. The third-order valence-corrected chi connectivity index (χ3v) is 4.86. The van der Waals surface area contributed by atoms with Gasteiger partial charge in [-0.25, -0.2) is 0 Å². The van der Waals surface area contributed by atoms with Gasteiger partial charge in [0.2, 0.25) is 0 Å². The molecule has 0 spiro atoms. The van der Waals surface area contributed by atoms with E-state index in [1.807, 2.05) is 31.2 Å². The topological polar surface area (TPSA) is 43.1 Å². The average molecular weight is 273 g/mol. The van der Waals surface area contributed by atoms with Gasteiger partial charge in [-0.3, -0.25) is 4.21 Å². The van der Waals surface area contributed by atoms with Crippen LogP contribution in [0.5, 0.6) is 0 Å². The number of nitrogen functional groups attached to an aromatic ring is 1. The fourth-order valence-corrected chi connectivity index (χ4v) is 3.72. The molecule has 2 nitrogen and oxygen atoms in total. The Kier molecular flexibility index (Phi) is 4.05. The molecule has 0 aliphatic rings. The first-order chi connectivity index (χ1) is 8.99. The lowest BCUT2D eigenvalue weighted by Crippen LogP contribution is -2.03. The summed E-state index contributed by atoms with van der Waals surface area (Å²) in [5.41, 5.74) is 11.0. The summed E-state index contributed by atoms with van der Waals surface area (Å²) >= 11 is 0. The zero-order valence-corrected chi connectivity index (χ0v) is 12.4. The van der Waals surface area contributed by atoms with Crippen molar-refractivity contribution in [1.29, 1.82) is 0 Å². The second kappa shape index (κ2) is 5.57. The van der Waals surface area contributed by atoms with Crippen LogP contribution < -0.4 is 5.73 Å². The highest BCUT2D eigenvalue weighted by atomic mass is 32.2. The van der Waals surface area contributed by atoms with Gasteiger partial charge in [0.25, 0.3) is 0 Å². The predicted octanol–water partition coefficient (Wildman–Crippen LogP) is 3.50. The van der Waals surface area contributed by atoms with Crippen LogP contribution in [0.4, 0.5) is 5.69 Å². The van der Waals surface area contributed by atoms with Crippen LogP contribution in [-0.4, -0.2) is 4.21 Å². The maximum atomic E-state index is 12.5. The van der Waals surface area contributed by atoms with Crippen LogP contribution in [0.3, 0.4) is 0 Å². The minimum absolute atomic E-state index is 0.559. The number of hydrogen-bond donors (Lipinski definition) is 1. The molecule has 1 atom stereocenters. The summed E-state index contributed by atoms with van der Waals surface area (Å²) in [6, 6.07) is 11.7. The lowest BCUT2D eigenvalue weighted by Gasteiger charge is -2.11. The van der Waals surface area contributed by atoms with Gasteiger partial charge in [0, 0.05) is 10.6 Å². The van der Waals surface area contributed by atoms with Crippen LogP contribution in [0, 0.1) is 20.8 Å². The van der Waals surface area contributed by atoms with Crippen molar-refractivity contribution < 1.29 is 4.21 Å². The molecule has 2 aromatic carbocycles. The van der Waals surface area contributed by atoms with E-state index in [-0.39, 0.29) is 0 Å². The average Bonchev–Trinajstić information content (AvgIpc) is 2.33. The van der Waals surface area contributed by atoms with Gasteiger partial charge in [0.05, 0.1) is 16.6 Å². The van der Waals surface area contributed by atoms with Crippen LogP contribution in [0.1, 0.15) is 22.3 Å². The Hall–Kier alpha value is -1.61. The van der Waals surface area contributed by atoms with Crippen LogP contribution >= 0.6 is 0 Å². The summed E-state index contributed by atoms with van der Waals surface area (Å²) in [4.78, 5) is 0.872. The first-order valence-electron chi connectivity index (χ1n) is 6.28. The molecule has 0 saturated carbocycles. The molecule has 1 unspecified atom stereocenters. The smallest absolute Gasteiger partial charge is 0.0577 e. The second-order valence-corrected chi connectivity index (χ2v) is 6.30. The lowest BCUT2D eigenvalue weighted by molar-refractivity contribution is 0.682. The highest BCUT2D eigenvalue weighted by molar-refractivity contribution is 7.84. The molecule has 0 bridgehead atoms. The molecule has 0 aliphatic carbocycles. The molecule has 0 amide bonds. The highest BCUT2D eigenvalue weighted by Crippen LogP contribution is 2.22. The normalized spacial score (nSPS) is 12.4. The molecular formula is C16H19NOS. The third kappa shape index (κ3) is 3.04. The maximum absolute atomic E-state index is 12.5. The van der Waals surface area contributed by atoms with Gasteiger partial charge in [-0.2, -0.15) is 0 Å². The number of rotatable bonds is 3. The van der Waals surface area contributed by atoms with Crippen LogP contribution in [0.15, 0.2) is 41.3 Å². The molecule has 2 rings (SSSR count). The van der Waals surface area contributed by atoms with Gasteiger partial charge in [0.15, 0.2) is 0 Å². The quantitative estimate of drug-likeness (QED) is 0.870. The van der Waals surface area contributed by atoms with E-state index in [1.54, 1.807) is 0 Å². The fourth-order valence-electron chi connectivity index (χ4n) is 2.21. The van der Waals surface area contributed by atoms with Gasteiger partial charge in [-0.05, 0) is 61.2 Å². The van der Waals surface area contributed by atoms with Crippen LogP contribution in [0.25, 0.3) is 0 Å². The number of anilines is 1. The molecule has 0 radical (unpaired) electrons. The summed E-state index contributed by atoms with van der Waals surface area (Å²) in [7, 11) is -1.03. The maximum Gasteiger partial charge on any atom is 0.0577 e. The van der Waals surface area contributed by atoms with Crippen LogP contribution in [-0.2, 0) is 16.6 Å². The Labute approximate surface area is 117 Å². The van der Waals surface area contributed by atoms with Crippen molar-refractivity contribution in [2.45, 2.75) is 31.4 Å². The molecule has 0 saturated heterocycles. The Bertz CT molecular complexity index is 614. The molecular weight excluding hydrogens is 254 g/mol. The Morgan fingerprint density at radius 3 is 2.21 bits per heavy atom. The van der Waals surface area contributed by atoms with E-state index in [4.69, 9.17) is 5.73 Å². The summed E-state index contributed by atoms with van der Waals surface area (Å²) in [6.45, 7) is 6.08. The van der Waals surface area contributed by atoms with Gasteiger partial charge in [-0.1, -0.05) is 18.2 Å². The van der Waals surface area contributed by atoms with Gasteiger partial charge < -0.3 is 5.73 Å². The zero-order chi connectivity index (χ0) is 14.0. The fraction of sp³-hybridized carbons (Fsp3) is 0.250. The number of benzene rings is 2. The molecule has 0 aromatic heterocycles. The molecule has 3 heteroatoms. The minimum atomic E-state index is -1.03. The van der Waals surface area contributed by atoms with E-state index in [0.29, 0.717) is 11.4 Å². The second-order valence-electron chi connectivity index (χ2n) is 4.89. The van der Waals surface area contributed by atoms with Crippen molar-refractivity contribution in [2.24, 2.45) is 0 Å². The minimum Gasteiger partial charge on any atom is -0.399 e. The van der Waals surface area contributed by atoms with E-state index in [2.05, 4.69) is 26.0 Å². The number of hydrogen-bond acceptors (Lipinski definition) is 2.